The average molecular weight is 725 g/mol. The zero-order chi connectivity index (χ0) is 36.5. The maximum absolute atomic E-state index is 14.3. The first kappa shape index (κ1) is 36.4. The summed E-state index contributed by atoms with van der Waals surface area (Å²) in [6.07, 6.45) is 8.27. The van der Waals surface area contributed by atoms with Gasteiger partial charge in [-0.15, -0.1) is 6.58 Å². The summed E-state index contributed by atoms with van der Waals surface area (Å²) in [4.78, 5) is 73.2. The van der Waals surface area contributed by atoms with Crippen LogP contribution in [0.3, 0.4) is 0 Å². The van der Waals surface area contributed by atoms with Crippen LogP contribution >= 0.6 is 0 Å². The number of unbranched alkanes of at least 4 members (excludes halogenated alkanes) is 1. The maximum atomic E-state index is 14.3. The third-order valence-corrected chi connectivity index (χ3v) is 12.4. The molecule has 3 N–H and O–H groups in total. The molecule has 1 aromatic rings. The highest BCUT2D eigenvalue weighted by molar-refractivity contribution is 7.91. The van der Waals surface area contributed by atoms with Crippen molar-refractivity contribution in [2.45, 2.75) is 107 Å². The Morgan fingerprint density at radius 1 is 1.18 bits per heavy atom. The number of amides is 6. The Bertz CT molecular complexity index is 1730. The molecule has 276 valence electrons. The molecule has 5 aliphatic rings. The molecule has 3 heterocycles. The van der Waals surface area contributed by atoms with Crippen LogP contribution in [0, 0.1) is 5.92 Å². The SMILES string of the molecule is C=C[C@@H]1C[C@]1(NC(=O)[C@@H]1C[C@@H]2CN1C(=O)[C@H](CCCC)NC(=O)N(C)CCC/C=C/c1cccc3c1CN(C3)C(=O)O2)C(=O)NS(=O)(=O)C1CC1. The Labute approximate surface area is 299 Å². The molecule has 1 saturated heterocycles. The lowest BCUT2D eigenvalue weighted by molar-refractivity contribution is -0.141. The average Bonchev–Trinajstić information content (AvgIpc) is 3.99. The number of hydrogen-bond acceptors (Lipinski definition) is 8. The van der Waals surface area contributed by atoms with Crippen LogP contribution in [0.2, 0.25) is 0 Å². The van der Waals surface area contributed by atoms with Gasteiger partial charge in [-0.25, -0.2) is 18.0 Å². The largest absolute Gasteiger partial charge is 0.444 e. The monoisotopic (exact) mass is 724 g/mol. The van der Waals surface area contributed by atoms with Gasteiger partial charge in [-0.2, -0.15) is 0 Å². The van der Waals surface area contributed by atoms with Gasteiger partial charge in [0.15, 0.2) is 0 Å². The Hall–Kier alpha value is -4.40. The number of rotatable bonds is 9. The zero-order valence-electron chi connectivity index (χ0n) is 29.3. The minimum atomic E-state index is -3.89. The topological polar surface area (TPSA) is 175 Å². The highest BCUT2D eigenvalue weighted by atomic mass is 32.2. The van der Waals surface area contributed by atoms with Gasteiger partial charge >= 0.3 is 12.1 Å². The molecule has 0 aromatic heterocycles. The Kier molecular flexibility index (Phi) is 10.5. The van der Waals surface area contributed by atoms with Crippen LogP contribution in [0.1, 0.15) is 81.4 Å². The molecule has 6 rings (SSSR count). The number of urea groups is 1. The molecule has 4 bridgehead atoms. The summed E-state index contributed by atoms with van der Waals surface area (Å²) in [6.45, 7) is 6.78. The van der Waals surface area contributed by atoms with Gasteiger partial charge in [-0.1, -0.05) is 56.2 Å². The van der Waals surface area contributed by atoms with Crippen LogP contribution in [0.15, 0.2) is 36.9 Å². The van der Waals surface area contributed by atoms with E-state index >= 15 is 0 Å². The lowest BCUT2D eigenvalue weighted by atomic mass is 10.0. The minimum Gasteiger partial charge on any atom is -0.444 e. The van der Waals surface area contributed by atoms with E-state index in [4.69, 9.17) is 4.74 Å². The molecule has 14 nitrogen and oxygen atoms in total. The molecule has 15 heteroatoms. The van der Waals surface area contributed by atoms with Crippen LogP contribution in [0.5, 0.6) is 0 Å². The first-order valence-corrected chi connectivity index (χ1v) is 19.5. The molecule has 3 fully saturated rings. The predicted molar refractivity (Wildman–Crippen MR) is 188 cm³/mol. The molecule has 51 heavy (non-hydrogen) atoms. The quantitative estimate of drug-likeness (QED) is 0.326. The van der Waals surface area contributed by atoms with Gasteiger partial charge in [0, 0.05) is 32.5 Å². The second-order valence-corrected chi connectivity index (χ2v) is 16.3. The van der Waals surface area contributed by atoms with Gasteiger partial charge in [0.05, 0.1) is 18.3 Å². The first-order chi connectivity index (χ1) is 24.4. The van der Waals surface area contributed by atoms with Crippen LogP contribution in [-0.2, 0) is 42.2 Å². The lowest BCUT2D eigenvalue weighted by Crippen LogP contribution is -2.58. The number of sulfonamides is 1. The zero-order valence-corrected chi connectivity index (χ0v) is 30.1. The van der Waals surface area contributed by atoms with E-state index < -0.39 is 74.8 Å². The van der Waals surface area contributed by atoms with E-state index in [1.165, 1.54) is 15.9 Å². The van der Waals surface area contributed by atoms with Crippen LogP contribution in [0.25, 0.3) is 6.08 Å². The van der Waals surface area contributed by atoms with E-state index in [0.717, 1.165) is 29.5 Å². The second-order valence-electron chi connectivity index (χ2n) is 14.4. The number of benzene rings is 1. The third kappa shape index (κ3) is 7.77. The van der Waals surface area contributed by atoms with Gasteiger partial charge in [-0.3, -0.25) is 24.0 Å². The molecular formula is C36H48N6O8S. The molecule has 2 saturated carbocycles. The number of ether oxygens (including phenoxy) is 1. The normalized spacial score (nSPS) is 28.9. The Morgan fingerprint density at radius 3 is 2.67 bits per heavy atom. The lowest BCUT2D eigenvalue weighted by Gasteiger charge is -2.30. The fourth-order valence-electron chi connectivity index (χ4n) is 7.23. The summed E-state index contributed by atoms with van der Waals surface area (Å²) in [5, 5.41) is 4.99. The highest BCUT2D eigenvalue weighted by Gasteiger charge is 2.62. The van der Waals surface area contributed by atoms with Gasteiger partial charge in [-0.05, 0) is 55.2 Å². The maximum Gasteiger partial charge on any atom is 0.410 e. The molecule has 2 aliphatic carbocycles. The van der Waals surface area contributed by atoms with Crippen molar-refractivity contribution < 1.29 is 37.1 Å². The van der Waals surface area contributed by atoms with Gasteiger partial charge in [0.25, 0.3) is 5.91 Å². The molecule has 1 aromatic carbocycles. The van der Waals surface area contributed by atoms with E-state index in [9.17, 15) is 32.4 Å². The van der Waals surface area contributed by atoms with Crippen molar-refractivity contribution in [2.24, 2.45) is 5.92 Å². The van der Waals surface area contributed by atoms with E-state index in [2.05, 4.69) is 28.0 Å². The molecule has 0 unspecified atom stereocenters. The van der Waals surface area contributed by atoms with Gasteiger partial charge in [0.2, 0.25) is 21.8 Å². The van der Waals surface area contributed by atoms with Crippen molar-refractivity contribution in [2.75, 3.05) is 20.1 Å². The van der Waals surface area contributed by atoms with Crippen LogP contribution in [-0.4, -0.2) is 102 Å². The number of nitrogens with zero attached hydrogens (tertiary/aromatic N) is 3. The molecule has 0 spiro atoms. The van der Waals surface area contributed by atoms with E-state index in [0.29, 0.717) is 51.7 Å². The number of carbonyl (C=O) groups is 5. The first-order valence-electron chi connectivity index (χ1n) is 17.9. The number of allylic oxidation sites excluding steroid dienone is 1. The van der Waals surface area contributed by atoms with Gasteiger partial charge in [0.1, 0.15) is 23.7 Å². The standard InChI is InChI=1S/C36H48N6O8S/c1-4-6-14-29-32(44)42-21-26(18-30(42)31(43)38-36(19-25(36)5-2)33(45)39-51(48,49)27-15-16-27)50-35(47)41-20-24-13-10-12-23(28(24)22-41)11-8-7-9-17-40(3)34(46)37-29/h5,8,10-13,25-27,29-30H,2,4,6-7,9,14-22H2,1,3H3,(H,37,46)(H,38,43)(H,39,45)/b11-8+/t25-,26-,29+,30+,36-/m1/s1. The Balaban J connectivity index is 1.27. The molecule has 6 amide bonds. The molecular weight excluding hydrogens is 676 g/mol. The fraction of sp³-hybridized carbons (Fsp3) is 0.583. The van der Waals surface area contributed by atoms with Crippen molar-refractivity contribution in [3.8, 4) is 0 Å². The van der Waals surface area contributed by atoms with Crippen molar-refractivity contribution in [3.05, 3.63) is 53.6 Å². The summed E-state index contributed by atoms with van der Waals surface area (Å²) < 4.78 is 33.4. The van der Waals surface area contributed by atoms with Crippen molar-refractivity contribution in [1.29, 1.82) is 0 Å². The number of hydrogen-bond donors (Lipinski definition) is 3. The van der Waals surface area contributed by atoms with Crippen molar-refractivity contribution in [1.82, 2.24) is 30.1 Å². The van der Waals surface area contributed by atoms with Crippen molar-refractivity contribution >= 4 is 45.9 Å². The van der Waals surface area contributed by atoms with E-state index in [1.54, 1.807) is 11.9 Å². The fourth-order valence-corrected chi connectivity index (χ4v) is 8.59. The van der Waals surface area contributed by atoms with E-state index in [-0.39, 0.29) is 19.4 Å². The van der Waals surface area contributed by atoms with Gasteiger partial charge < -0.3 is 25.2 Å². The predicted octanol–water partition coefficient (Wildman–Crippen LogP) is 2.78. The minimum absolute atomic E-state index is 0.0523. The van der Waals surface area contributed by atoms with E-state index in [1.807, 2.05) is 31.2 Å². The summed E-state index contributed by atoms with van der Waals surface area (Å²) in [7, 11) is -2.22. The Morgan fingerprint density at radius 2 is 1.96 bits per heavy atom. The third-order valence-electron chi connectivity index (χ3n) is 10.6. The smallest absolute Gasteiger partial charge is 0.410 e. The summed E-state index contributed by atoms with van der Waals surface area (Å²) in [6, 6.07) is 3.37. The van der Waals surface area contributed by atoms with Crippen molar-refractivity contribution in [3.63, 3.8) is 0 Å². The second kappa shape index (κ2) is 14.7. The summed E-state index contributed by atoms with van der Waals surface area (Å²) in [5.41, 5.74) is 1.47. The molecule has 5 atom stereocenters. The molecule has 3 aliphatic heterocycles. The van der Waals surface area contributed by atoms with Crippen LogP contribution in [0.4, 0.5) is 9.59 Å². The molecule has 0 radical (unpaired) electrons. The summed E-state index contributed by atoms with van der Waals surface area (Å²) in [5.74, 6) is -2.56. The van der Waals surface area contributed by atoms with Crippen LogP contribution < -0.4 is 15.4 Å². The number of nitrogens with one attached hydrogen (secondary N) is 3. The number of fused-ring (bicyclic) bond motifs is 3. The number of carbonyl (C=O) groups excluding carboxylic acids is 5. The summed E-state index contributed by atoms with van der Waals surface area (Å²) >= 11 is 0. The highest BCUT2D eigenvalue weighted by Crippen LogP contribution is 2.45.